The topological polar surface area (TPSA) is 101 Å². The summed E-state index contributed by atoms with van der Waals surface area (Å²) in [6, 6.07) is 16.9. The normalized spacial score (nSPS) is 17.6. The van der Waals surface area contributed by atoms with E-state index in [0.29, 0.717) is 16.7 Å². The van der Waals surface area contributed by atoms with Crippen LogP contribution in [-0.2, 0) is 9.59 Å². The molecule has 2 N–H and O–H groups in total. The van der Waals surface area contributed by atoms with E-state index in [1.165, 1.54) is 24.3 Å². The molecule has 1 saturated heterocycles. The zero-order chi connectivity index (χ0) is 28.4. The number of aromatic nitrogens is 1. The number of hydrogen-bond donors (Lipinski definition) is 2. The Labute approximate surface area is 229 Å². The molecule has 1 fully saturated rings. The lowest BCUT2D eigenvalue weighted by Crippen LogP contribution is -2.49. The molecule has 0 aliphatic carbocycles. The van der Waals surface area contributed by atoms with Crippen LogP contribution >= 0.6 is 0 Å². The number of pyridine rings is 1. The summed E-state index contributed by atoms with van der Waals surface area (Å²) in [6.45, 7) is 1.15. The summed E-state index contributed by atoms with van der Waals surface area (Å²) < 4.78 is 33.3. The molecule has 1 aliphatic rings. The minimum atomic E-state index is -1.37. The Bertz CT molecular complexity index is 1610. The fraction of sp³-hybridized carbons (Fsp3) is 0.267. The summed E-state index contributed by atoms with van der Waals surface area (Å²) in [7, 11) is 1.59. The second-order valence-corrected chi connectivity index (χ2v) is 9.74. The molecule has 1 aromatic heterocycles. The molecule has 0 saturated carbocycles. The third kappa shape index (κ3) is 5.42. The van der Waals surface area contributed by atoms with Crippen LogP contribution in [0.25, 0.3) is 21.7 Å². The van der Waals surface area contributed by atoms with E-state index in [1.807, 2.05) is 43.3 Å². The number of carbonyl (C=O) groups excluding carboxylic acids is 3. The molecule has 3 aromatic carbocycles. The summed E-state index contributed by atoms with van der Waals surface area (Å²) >= 11 is 0. The maximum absolute atomic E-state index is 14.4. The Hall–Kier alpha value is -4.60. The highest BCUT2D eigenvalue weighted by Gasteiger charge is 2.40. The average molecular weight is 547 g/mol. The van der Waals surface area contributed by atoms with E-state index in [2.05, 4.69) is 15.6 Å². The first-order chi connectivity index (χ1) is 19.2. The molecule has 0 bridgehead atoms. The lowest BCUT2D eigenvalue weighted by molar-refractivity contribution is -0.138. The SMILES string of the molecule is COc1ccc([C@H](C)NC(=O)[C@@H]2C[C@@H](F)CN2C(=O)CNC(=O)c2ccc3cc(F)ccc3n2)c2ccccc12. The summed E-state index contributed by atoms with van der Waals surface area (Å²) in [5.41, 5.74) is 1.33. The Morgan fingerprint density at radius 3 is 2.62 bits per heavy atom. The van der Waals surface area contributed by atoms with Gasteiger partial charge in [0, 0.05) is 17.2 Å². The van der Waals surface area contributed by atoms with Crippen LogP contribution in [0.3, 0.4) is 0 Å². The van der Waals surface area contributed by atoms with Gasteiger partial charge in [-0.3, -0.25) is 14.4 Å². The standard InChI is InChI=1S/C30H28F2N4O4/c1-17(21-9-12-27(40-2)23-6-4-3-5-22(21)23)34-30(39)26-14-20(32)16-36(26)28(37)15-33-29(38)25-10-7-18-13-19(31)8-11-24(18)35-25/h3-13,17,20,26H,14-16H2,1-2H3,(H,33,38)(H,34,39)/t17-,20+,26-/m0/s1. The van der Waals surface area contributed by atoms with E-state index in [1.54, 1.807) is 13.2 Å². The fourth-order valence-corrected chi connectivity index (χ4v) is 5.12. The second kappa shape index (κ2) is 11.3. The molecule has 10 heteroatoms. The van der Waals surface area contributed by atoms with Crippen molar-refractivity contribution in [2.24, 2.45) is 0 Å². The number of methoxy groups -OCH3 is 1. The summed E-state index contributed by atoms with van der Waals surface area (Å²) in [5, 5.41) is 7.75. The minimum Gasteiger partial charge on any atom is -0.496 e. The summed E-state index contributed by atoms with van der Waals surface area (Å²) in [5.74, 6) is -1.38. The Balaban J connectivity index is 1.25. The van der Waals surface area contributed by atoms with E-state index in [0.717, 1.165) is 21.2 Å². The number of alkyl halides is 1. The molecule has 0 spiro atoms. The number of nitrogens with zero attached hydrogens (tertiary/aromatic N) is 2. The first kappa shape index (κ1) is 27.0. The molecule has 206 valence electrons. The Morgan fingerprint density at radius 1 is 1.07 bits per heavy atom. The van der Waals surface area contributed by atoms with Crippen molar-refractivity contribution < 1.29 is 27.9 Å². The number of amides is 3. The smallest absolute Gasteiger partial charge is 0.270 e. The third-order valence-electron chi connectivity index (χ3n) is 7.12. The van der Waals surface area contributed by atoms with Crippen LogP contribution in [0.15, 0.2) is 66.7 Å². The fourth-order valence-electron chi connectivity index (χ4n) is 5.12. The van der Waals surface area contributed by atoms with Gasteiger partial charge < -0.3 is 20.3 Å². The van der Waals surface area contributed by atoms with Gasteiger partial charge in [0.15, 0.2) is 0 Å². The molecule has 3 atom stereocenters. The van der Waals surface area contributed by atoms with Crippen LogP contribution in [0, 0.1) is 5.82 Å². The number of rotatable bonds is 7. The predicted molar refractivity (Wildman–Crippen MR) is 146 cm³/mol. The highest BCUT2D eigenvalue weighted by atomic mass is 19.1. The van der Waals surface area contributed by atoms with E-state index in [-0.39, 0.29) is 18.7 Å². The van der Waals surface area contributed by atoms with E-state index < -0.39 is 48.3 Å². The third-order valence-corrected chi connectivity index (χ3v) is 7.12. The van der Waals surface area contributed by atoms with Crippen molar-refractivity contribution in [3.05, 3.63) is 83.8 Å². The number of likely N-dealkylation sites (tertiary alicyclic amines) is 1. The van der Waals surface area contributed by atoms with E-state index in [4.69, 9.17) is 4.74 Å². The van der Waals surface area contributed by atoms with Gasteiger partial charge in [0.2, 0.25) is 11.8 Å². The lowest BCUT2D eigenvalue weighted by Gasteiger charge is -2.26. The van der Waals surface area contributed by atoms with Crippen molar-refractivity contribution in [3.63, 3.8) is 0 Å². The number of nitrogens with one attached hydrogen (secondary N) is 2. The molecule has 1 aliphatic heterocycles. The number of halogens is 2. The Morgan fingerprint density at radius 2 is 1.85 bits per heavy atom. The molecular formula is C30H28F2N4O4. The number of hydrogen-bond acceptors (Lipinski definition) is 5. The quantitative estimate of drug-likeness (QED) is 0.364. The predicted octanol–water partition coefficient (Wildman–Crippen LogP) is 4.08. The van der Waals surface area contributed by atoms with Gasteiger partial charge in [-0.25, -0.2) is 13.8 Å². The first-order valence-corrected chi connectivity index (χ1v) is 12.9. The zero-order valence-electron chi connectivity index (χ0n) is 22.0. The van der Waals surface area contributed by atoms with Crippen LogP contribution in [-0.4, -0.2) is 60.0 Å². The van der Waals surface area contributed by atoms with Crippen molar-refractivity contribution >= 4 is 39.4 Å². The number of fused-ring (bicyclic) bond motifs is 2. The molecule has 8 nitrogen and oxygen atoms in total. The van der Waals surface area contributed by atoms with Crippen LogP contribution in [0.2, 0.25) is 0 Å². The second-order valence-electron chi connectivity index (χ2n) is 9.74. The van der Waals surface area contributed by atoms with Crippen LogP contribution in [0.1, 0.15) is 35.4 Å². The molecule has 4 aromatic rings. The highest BCUT2D eigenvalue weighted by molar-refractivity contribution is 5.98. The van der Waals surface area contributed by atoms with Crippen LogP contribution < -0.4 is 15.4 Å². The van der Waals surface area contributed by atoms with Crippen molar-refractivity contribution in [2.45, 2.75) is 31.6 Å². The first-order valence-electron chi connectivity index (χ1n) is 12.9. The van der Waals surface area contributed by atoms with Gasteiger partial charge in [0.1, 0.15) is 29.5 Å². The number of benzene rings is 3. The average Bonchev–Trinajstić information content (AvgIpc) is 3.36. The zero-order valence-corrected chi connectivity index (χ0v) is 22.0. The van der Waals surface area contributed by atoms with Gasteiger partial charge in [-0.05, 0) is 48.2 Å². The van der Waals surface area contributed by atoms with Crippen molar-refractivity contribution in [3.8, 4) is 5.75 Å². The molecule has 3 amide bonds. The molecular weight excluding hydrogens is 518 g/mol. The van der Waals surface area contributed by atoms with Crippen LogP contribution in [0.4, 0.5) is 8.78 Å². The minimum absolute atomic E-state index is 0.0477. The van der Waals surface area contributed by atoms with Gasteiger partial charge >= 0.3 is 0 Å². The lowest BCUT2D eigenvalue weighted by atomic mass is 9.98. The highest BCUT2D eigenvalue weighted by Crippen LogP contribution is 2.32. The van der Waals surface area contributed by atoms with Gasteiger partial charge in [-0.15, -0.1) is 0 Å². The molecule has 0 unspecified atom stereocenters. The van der Waals surface area contributed by atoms with Gasteiger partial charge in [-0.1, -0.05) is 36.4 Å². The maximum Gasteiger partial charge on any atom is 0.270 e. The number of ether oxygens (including phenoxy) is 1. The van der Waals surface area contributed by atoms with E-state index >= 15 is 0 Å². The monoisotopic (exact) mass is 546 g/mol. The van der Waals surface area contributed by atoms with Gasteiger partial charge in [0.05, 0.1) is 31.8 Å². The van der Waals surface area contributed by atoms with Crippen molar-refractivity contribution in [2.75, 3.05) is 20.2 Å². The van der Waals surface area contributed by atoms with Crippen molar-refractivity contribution in [1.29, 1.82) is 0 Å². The molecule has 40 heavy (non-hydrogen) atoms. The Kier molecular flexibility index (Phi) is 7.59. The van der Waals surface area contributed by atoms with E-state index in [9.17, 15) is 23.2 Å². The van der Waals surface area contributed by atoms with Crippen LogP contribution in [0.5, 0.6) is 5.75 Å². The summed E-state index contributed by atoms with van der Waals surface area (Å²) in [6.07, 6.45) is -1.50. The maximum atomic E-state index is 14.4. The van der Waals surface area contributed by atoms with Gasteiger partial charge in [0.25, 0.3) is 5.91 Å². The molecule has 2 heterocycles. The van der Waals surface area contributed by atoms with Gasteiger partial charge in [-0.2, -0.15) is 0 Å². The van der Waals surface area contributed by atoms with Crippen molar-refractivity contribution in [1.82, 2.24) is 20.5 Å². The number of carbonyl (C=O) groups is 3. The summed E-state index contributed by atoms with van der Waals surface area (Å²) in [4.78, 5) is 44.2. The molecule has 0 radical (unpaired) electrons. The largest absolute Gasteiger partial charge is 0.496 e. The molecule has 5 rings (SSSR count).